The number of carbonyl (C=O) groups is 1. The van der Waals surface area contributed by atoms with Crippen molar-refractivity contribution in [2.24, 2.45) is 0 Å². The summed E-state index contributed by atoms with van der Waals surface area (Å²) in [5, 5.41) is 0.963. The van der Waals surface area contributed by atoms with Crippen LogP contribution in [0.4, 0.5) is 0 Å². The van der Waals surface area contributed by atoms with E-state index in [1.54, 1.807) is 35.2 Å². The number of nitrogens with zero attached hydrogens (tertiary/aromatic N) is 2. The number of benzene rings is 2. The molecule has 0 saturated heterocycles. The molecule has 0 unspecified atom stereocenters. The Morgan fingerprint density at radius 3 is 2.66 bits per heavy atom. The summed E-state index contributed by atoms with van der Waals surface area (Å²) >= 11 is 6.20. The van der Waals surface area contributed by atoms with Crippen molar-refractivity contribution in [1.82, 2.24) is 9.80 Å². The lowest BCUT2D eigenvalue weighted by atomic mass is 9.98. The van der Waals surface area contributed by atoms with Gasteiger partial charge >= 0.3 is 0 Å². The SMILES string of the molecule is COc1ccc2c(=O)c3c(oc2c1)C(=O)N(CCN(C)C)[C@@H]3c1cccc(Cl)c1. The van der Waals surface area contributed by atoms with Crippen LogP contribution in [0.1, 0.15) is 27.7 Å². The van der Waals surface area contributed by atoms with Crippen molar-refractivity contribution in [2.45, 2.75) is 6.04 Å². The van der Waals surface area contributed by atoms with Gasteiger partial charge in [-0.15, -0.1) is 0 Å². The van der Waals surface area contributed by atoms with E-state index >= 15 is 0 Å². The number of ether oxygens (including phenoxy) is 1. The lowest BCUT2D eigenvalue weighted by Crippen LogP contribution is -2.35. The van der Waals surface area contributed by atoms with E-state index in [1.807, 2.05) is 31.1 Å². The zero-order valence-electron chi connectivity index (χ0n) is 16.4. The minimum Gasteiger partial charge on any atom is -0.497 e. The molecular formula is C22H21ClN2O4. The zero-order chi connectivity index (χ0) is 20.7. The predicted octanol–water partition coefficient (Wildman–Crippen LogP) is 3.56. The molecule has 1 aliphatic heterocycles. The lowest BCUT2D eigenvalue weighted by Gasteiger charge is -2.26. The third kappa shape index (κ3) is 3.39. The Morgan fingerprint density at radius 2 is 1.97 bits per heavy atom. The molecule has 1 atom stereocenters. The van der Waals surface area contributed by atoms with Crippen molar-refractivity contribution in [2.75, 3.05) is 34.3 Å². The third-order valence-corrected chi connectivity index (χ3v) is 5.36. The van der Waals surface area contributed by atoms with Gasteiger partial charge in [-0.1, -0.05) is 23.7 Å². The van der Waals surface area contributed by atoms with Crippen LogP contribution in [0, 0.1) is 0 Å². The molecule has 7 heteroatoms. The molecule has 0 N–H and O–H groups in total. The van der Waals surface area contributed by atoms with Crippen LogP contribution in [0.25, 0.3) is 11.0 Å². The van der Waals surface area contributed by atoms with Crippen molar-refractivity contribution in [3.8, 4) is 5.75 Å². The summed E-state index contributed by atoms with van der Waals surface area (Å²) in [5.41, 5.74) is 1.26. The standard InChI is InChI=1S/C22H21ClN2O4/c1-24(2)9-10-25-19(13-5-4-6-14(23)11-13)18-20(26)16-8-7-15(28-3)12-17(16)29-21(18)22(25)27/h4-8,11-12,19H,9-10H2,1-3H3/t19-/m1/s1. The Bertz CT molecular complexity index is 1160. The minimum absolute atomic E-state index is 0.0829. The molecule has 1 aromatic heterocycles. The topological polar surface area (TPSA) is 63.0 Å². The maximum atomic E-state index is 13.4. The van der Waals surface area contributed by atoms with Gasteiger partial charge in [0.15, 0.2) is 5.43 Å². The van der Waals surface area contributed by atoms with Gasteiger partial charge in [0.25, 0.3) is 5.91 Å². The molecule has 4 rings (SSSR count). The average molecular weight is 413 g/mol. The molecule has 0 spiro atoms. The van der Waals surface area contributed by atoms with Crippen molar-refractivity contribution < 1.29 is 13.9 Å². The van der Waals surface area contributed by atoms with Gasteiger partial charge in [-0.2, -0.15) is 0 Å². The number of rotatable bonds is 5. The number of halogens is 1. The van der Waals surface area contributed by atoms with Gasteiger partial charge in [-0.3, -0.25) is 9.59 Å². The fourth-order valence-electron chi connectivity index (χ4n) is 3.69. The van der Waals surface area contributed by atoms with E-state index in [9.17, 15) is 9.59 Å². The highest BCUT2D eigenvalue weighted by Gasteiger charge is 2.42. The second-order valence-electron chi connectivity index (χ2n) is 7.30. The fourth-order valence-corrected chi connectivity index (χ4v) is 3.89. The number of likely N-dealkylation sites (N-methyl/N-ethyl adjacent to an activating group) is 1. The average Bonchev–Trinajstić information content (AvgIpc) is 2.98. The van der Waals surface area contributed by atoms with E-state index in [4.69, 9.17) is 20.8 Å². The molecule has 3 aromatic rings. The molecule has 0 fully saturated rings. The summed E-state index contributed by atoms with van der Waals surface area (Å²) in [5.74, 6) is 0.343. The molecule has 0 aliphatic carbocycles. The maximum absolute atomic E-state index is 13.4. The van der Waals surface area contributed by atoms with Crippen LogP contribution in [0.3, 0.4) is 0 Å². The van der Waals surface area contributed by atoms with Crippen LogP contribution in [0.15, 0.2) is 51.7 Å². The molecule has 0 radical (unpaired) electrons. The largest absolute Gasteiger partial charge is 0.497 e. The Morgan fingerprint density at radius 1 is 1.17 bits per heavy atom. The molecule has 2 heterocycles. The molecule has 1 aliphatic rings. The fraction of sp³-hybridized carbons (Fsp3) is 0.273. The van der Waals surface area contributed by atoms with Crippen LogP contribution >= 0.6 is 11.6 Å². The van der Waals surface area contributed by atoms with Gasteiger partial charge in [-0.05, 0) is 43.9 Å². The van der Waals surface area contributed by atoms with Gasteiger partial charge in [0.2, 0.25) is 5.76 Å². The monoisotopic (exact) mass is 412 g/mol. The molecular weight excluding hydrogens is 392 g/mol. The van der Waals surface area contributed by atoms with Crippen LogP contribution in [-0.4, -0.2) is 50.0 Å². The summed E-state index contributed by atoms with van der Waals surface area (Å²) < 4.78 is 11.2. The van der Waals surface area contributed by atoms with Crippen molar-refractivity contribution in [1.29, 1.82) is 0 Å². The Kier molecular flexibility index (Phi) is 5.06. The van der Waals surface area contributed by atoms with Gasteiger partial charge in [0, 0.05) is 24.2 Å². The number of carbonyl (C=O) groups excluding carboxylic acids is 1. The third-order valence-electron chi connectivity index (χ3n) is 5.13. The van der Waals surface area contributed by atoms with E-state index in [1.165, 1.54) is 7.11 Å². The molecule has 1 amide bonds. The van der Waals surface area contributed by atoms with Gasteiger partial charge in [0.05, 0.1) is 24.1 Å². The summed E-state index contributed by atoms with van der Waals surface area (Å²) in [6.45, 7) is 1.10. The van der Waals surface area contributed by atoms with Crippen molar-refractivity contribution in [3.63, 3.8) is 0 Å². The van der Waals surface area contributed by atoms with Gasteiger partial charge in [0.1, 0.15) is 11.3 Å². The first-order valence-electron chi connectivity index (χ1n) is 9.26. The van der Waals surface area contributed by atoms with E-state index in [2.05, 4.69) is 0 Å². The number of methoxy groups -OCH3 is 1. The number of hydrogen-bond acceptors (Lipinski definition) is 5. The lowest BCUT2D eigenvalue weighted by molar-refractivity contribution is 0.0716. The summed E-state index contributed by atoms with van der Waals surface area (Å²) in [6, 6.07) is 11.7. The van der Waals surface area contributed by atoms with Crippen LogP contribution in [0.5, 0.6) is 5.75 Å². The van der Waals surface area contributed by atoms with Gasteiger partial charge in [-0.25, -0.2) is 0 Å². The van der Waals surface area contributed by atoms with Crippen molar-refractivity contribution in [3.05, 3.63) is 74.6 Å². The van der Waals surface area contributed by atoms with Crippen LogP contribution < -0.4 is 10.2 Å². The van der Waals surface area contributed by atoms with E-state index in [0.717, 1.165) is 5.56 Å². The molecule has 0 saturated carbocycles. The highest BCUT2D eigenvalue weighted by molar-refractivity contribution is 6.30. The number of hydrogen-bond donors (Lipinski definition) is 0. The Hall–Kier alpha value is -2.83. The molecule has 6 nitrogen and oxygen atoms in total. The summed E-state index contributed by atoms with van der Waals surface area (Å²) in [7, 11) is 5.41. The first-order chi connectivity index (χ1) is 13.9. The normalized spacial score (nSPS) is 16.0. The zero-order valence-corrected chi connectivity index (χ0v) is 17.2. The molecule has 29 heavy (non-hydrogen) atoms. The van der Waals surface area contributed by atoms with E-state index in [0.29, 0.717) is 40.4 Å². The maximum Gasteiger partial charge on any atom is 0.290 e. The molecule has 0 bridgehead atoms. The summed E-state index contributed by atoms with van der Waals surface area (Å²) in [6.07, 6.45) is 0. The predicted molar refractivity (Wildman–Crippen MR) is 112 cm³/mol. The second kappa shape index (κ2) is 7.54. The van der Waals surface area contributed by atoms with Crippen molar-refractivity contribution >= 4 is 28.5 Å². The number of fused-ring (bicyclic) bond motifs is 2. The first-order valence-corrected chi connectivity index (χ1v) is 9.64. The van der Waals surface area contributed by atoms with E-state index < -0.39 is 6.04 Å². The minimum atomic E-state index is -0.543. The van der Waals surface area contributed by atoms with Crippen LogP contribution in [-0.2, 0) is 0 Å². The van der Waals surface area contributed by atoms with Crippen LogP contribution in [0.2, 0.25) is 5.02 Å². The second-order valence-corrected chi connectivity index (χ2v) is 7.73. The highest BCUT2D eigenvalue weighted by atomic mass is 35.5. The first kappa shape index (κ1) is 19.5. The quantitative estimate of drug-likeness (QED) is 0.641. The Labute approximate surface area is 173 Å². The van der Waals surface area contributed by atoms with Gasteiger partial charge < -0.3 is 19.0 Å². The van der Waals surface area contributed by atoms with E-state index in [-0.39, 0.29) is 17.1 Å². The molecule has 2 aromatic carbocycles. The number of amides is 1. The smallest absolute Gasteiger partial charge is 0.290 e. The highest BCUT2D eigenvalue weighted by Crippen LogP contribution is 2.38. The summed E-state index contributed by atoms with van der Waals surface area (Å²) in [4.78, 5) is 30.3. The molecule has 150 valence electrons. The Balaban J connectivity index is 1.94.